The number of nitrogens with one attached hydrogen (secondary N) is 1. The van der Waals surface area contributed by atoms with Crippen LogP contribution in [0.15, 0.2) is 66.9 Å². The summed E-state index contributed by atoms with van der Waals surface area (Å²) in [5.41, 5.74) is 5.48. The van der Waals surface area contributed by atoms with Gasteiger partial charge in [-0.05, 0) is 92.4 Å². The molecule has 0 spiro atoms. The molecule has 4 aromatic rings. The fraction of sp³-hybridized carbons (Fsp3) is 0.422. The molecule has 1 N–H and O–H groups in total. The van der Waals surface area contributed by atoms with Crippen LogP contribution in [-0.2, 0) is 14.3 Å². The van der Waals surface area contributed by atoms with Crippen LogP contribution < -0.4 is 15.0 Å². The minimum atomic E-state index is -0.958. The van der Waals surface area contributed by atoms with Gasteiger partial charge in [-0.1, -0.05) is 12.1 Å². The minimum Gasteiger partial charge on any atom is -0.490 e. The number of nitrogens with zero attached hydrogens (tertiary/aromatic N) is 6. The van der Waals surface area contributed by atoms with Crippen molar-refractivity contribution in [3.63, 3.8) is 0 Å². The molecular formula is C45H49N7O6. The highest BCUT2D eigenvalue weighted by atomic mass is 16.5. The molecule has 3 saturated heterocycles. The Morgan fingerprint density at radius 1 is 0.759 bits per heavy atom. The van der Waals surface area contributed by atoms with Crippen LogP contribution in [0.2, 0.25) is 0 Å². The SMILES string of the molecule is Cc1cc(/C=C/c2ccc3cc(OC4CC(OC5CCN(CCN6CCN(c7ccc8c(c7)C(=O)N(C7CCC(=O)NC7=O)C8=O)CC6)CC5)C4)ccc3n2)ccn1. The van der Waals surface area contributed by atoms with Gasteiger partial charge < -0.3 is 19.3 Å². The zero-order valence-corrected chi connectivity index (χ0v) is 32.8. The molecule has 1 unspecified atom stereocenters. The van der Waals surface area contributed by atoms with E-state index < -0.39 is 23.8 Å². The number of piperazine rings is 1. The molecule has 300 valence electrons. The Morgan fingerprint density at radius 3 is 2.31 bits per heavy atom. The lowest BCUT2D eigenvalue weighted by molar-refractivity contribution is -0.136. The van der Waals surface area contributed by atoms with Gasteiger partial charge in [0.15, 0.2) is 0 Å². The molecule has 2 aromatic carbocycles. The lowest BCUT2D eigenvalue weighted by Crippen LogP contribution is -2.54. The maximum atomic E-state index is 13.3. The number of likely N-dealkylation sites (tertiary alicyclic amines) is 1. The van der Waals surface area contributed by atoms with Crippen molar-refractivity contribution >= 4 is 52.4 Å². The van der Waals surface area contributed by atoms with Gasteiger partial charge in [-0.25, -0.2) is 4.98 Å². The van der Waals surface area contributed by atoms with Gasteiger partial charge in [0.05, 0.1) is 34.5 Å². The standard InChI is InChI=1S/C45H49N7O6/c1-29-24-30(12-15-46-29)2-4-32-5-3-31-25-35(7-9-40(31)47-32)58-37-27-36(28-37)57-34-13-16-49(17-14-34)18-19-50-20-22-51(23-21-50)33-6-8-38-39(26-33)45(56)52(44(38)55)41-10-11-42(53)48-43(41)54/h2-9,12,15,24-26,34,36-37,41H,10-11,13-14,16-23,27-28H2,1H3,(H,48,53,54)/b4-2+. The monoisotopic (exact) mass is 783 g/mol. The molecule has 58 heavy (non-hydrogen) atoms. The van der Waals surface area contributed by atoms with Crippen LogP contribution in [-0.4, -0.2) is 125 Å². The number of aromatic nitrogens is 2. The lowest BCUT2D eigenvalue weighted by Gasteiger charge is -2.40. The van der Waals surface area contributed by atoms with E-state index in [1.807, 2.05) is 49.5 Å². The number of benzene rings is 2. The Bertz CT molecular complexity index is 2260. The van der Waals surface area contributed by atoms with Gasteiger partial charge in [0.25, 0.3) is 11.8 Å². The van der Waals surface area contributed by atoms with Crippen LogP contribution in [0, 0.1) is 6.92 Å². The fourth-order valence-electron chi connectivity index (χ4n) is 8.76. The Morgan fingerprint density at radius 2 is 1.53 bits per heavy atom. The summed E-state index contributed by atoms with van der Waals surface area (Å²) in [5, 5.41) is 3.31. The Hall–Kier alpha value is -5.50. The number of imide groups is 2. The van der Waals surface area contributed by atoms with Gasteiger partial charge in [-0.3, -0.25) is 39.3 Å². The molecule has 0 bridgehead atoms. The third-order valence-corrected chi connectivity index (χ3v) is 12.2. The molecule has 4 fully saturated rings. The number of hydrogen-bond donors (Lipinski definition) is 1. The number of aryl methyl sites for hydroxylation is 1. The second kappa shape index (κ2) is 16.4. The molecule has 0 radical (unpaired) electrons. The highest BCUT2D eigenvalue weighted by Gasteiger charge is 2.45. The average molecular weight is 784 g/mol. The first kappa shape index (κ1) is 38.0. The smallest absolute Gasteiger partial charge is 0.262 e. The number of amides is 4. The van der Waals surface area contributed by atoms with Crippen molar-refractivity contribution in [2.75, 3.05) is 57.3 Å². The minimum absolute atomic E-state index is 0.103. The highest BCUT2D eigenvalue weighted by molar-refractivity contribution is 6.23. The van der Waals surface area contributed by atoms with E-state index in [9.17, 15) is 19.2 Å². The van der Waals surface area contributed by atoms with Crippen molar-refractivity contribution in [3.05, 3.63) is 94.9 Å². The second-order valence-electron chi connectivity index (χ2n) is 16.2. The zero-order chi connectivity index (χ0) is 39.8. The van der Waals surface area contributed by atoms with Crippen LogP contribution in [0.25, 0.3) is 23.1 Å². The predicted molar refractivity (Wildman–Crippen MR) is 219 cm³/mol. The first-order valence-electron chi connectivity index (χ1n) is 20.6. The van der Waals surface area contributed by atoms with Gasteiger partial charge >= 0.3 is 0 Å². The number of anilines is 1. The molecule has 9 rings (SSSR count). The van der Waals surface area contributed by atoms with E-state index in [0.717, 1.165) is 122 Å². The van der Waals surface area contributed by atoms with Crippen LogP contribution >= 0.6 is 0 Å². The Labute approximate surface area is 338 Å². The third kappa shape index (κ3) is 8.25. The van der Waals surface area contributed by atoms with Crippen molar-refractivity contribution in [3.8, 4) is 5.75 Å². The summed E-state index contributed by atoms with van der Waals surface area (Å²) >= 11 is 0. The molecule has 4 aliphatic heterocycles. The first-order chi connectivity index (χ1) is 28.2. The van der Waals surface area contributed by atoms with E-state index in [1.165, 1.54) is 0 Å². The van der Waals surface area contributed by atoms with E-state index in [0.29, 0.717) is 17.2 Å². The summed E-state index contributed by atoms with van der Waals surface area (Å²) in [4.78, 5) is 67.8. The topological polar surface area (TPSA) is 138 Å². The Kier molecular flexibility index (Phi) is 10.8. The molecular weight excluding hydrogens is 735 g/mol. The predicted octanol–water partition coefficient (Wildman–Crippen LogP) is 4.72. The van der Waals surface area contributed by atoms with Gasteiger partial charge in [0, 0.05) is 94.6 Å². The van der Waals surface area contributed by atoms with Crippen molar-refractivity contribution in [1.29, 1.82) is 0 Å². The van der Waals surface area contributed by atoms with E-state index in [2.05, 4.69) is 49.3 Å². The second-order valence-corrected chi connectivity index (χ2v) is 16.2. The van der Waals surface area contributed by atoms with Gasteiger partial charge in [-0.2, -0.15) is 0 Å². The Balaban J connectivity index is 0.669. The van der Waals surface area contributed by atoms with E-state index in [4.69, 9.17) is 14.5 Å². The molecule has 1 saturated carbocycles. The molecule has 13 nitrogen and oxygen atoms in total. The summed E-state index contributed by atoms with van der Waals surface area (Å²) in [6.45, 7) is 9.59. The average Bonchev–Trinajstić information content (AvgIpc) is 3.47. The number of hydrogen-bond acceptors (Lipinski definition) is 11. The van der Waals surface area contributed by atoms with E-state index in [1.54, 1.807) is 12.1 Å². The summed E-state index contributed by atoms with van der Waals surface area (Å²) in [6, 6.07) is 18.7. The zero-order valence-electron chi connectivity index (χ0n) is 32.8. The highest BCUT2D eigenvalue weighted by Crippen LogP contribution is 2.33. The molecule has 5 aliphatic rings. The summed E-state index contributed by atoms with van der Waals surface area (Å²) < 4.78 is 12.8. The van der Waals surface area contributed by atoms with Crippen LogP contribution in [0.5, 0.6) is 5.75 Å². The van der Waals surface area contributed by atoms with Gasteiger partial charge in [0.1, 0.15) is 17.9 Å². The van der Waals surface area contributed by atoms with Crippen molar-refractivity contribution < 1.29 is 28.7 Å². The summed E-state index contributed by atoms with van der Waals surface area (Å²) in [6.07, 6.45) is 10.8. The lowest BCUT2D eigenvalue weighted by atomic mass is 9.91. The maximum absolute atomic E-state index is 13.3. The van der Waals surface area contributed by atoms with Crippen molar-refractivity contribution in [1.82, 2.24) is 30.0 Å². The molecule has 6 heterocycles. The largest absolute Gasteiger partial charge is 0.490 e. The first-order valence-corrected chi connectivity index (χ1v) is 20.6. The van der Waals surface area contributed by atoms with Crippen LogP contribution in [0.3, 0.4) is 0 Å². The van der Waals surface area contributed by atoms with E-state index in [-0.39, 0.29) is 31.0 Å². The van der Waals surface area contributed by atoms with Crippen LogP contribution in [0.4, 0.5) is 5.69 Å². The van der Waals surface area contributed by atoms with Gasteiger partial charge in [-0.15, -0.1) is 0 Å². The fourth-order valence-corrected chi connectivity index (χ4v) is 8.76. The molecule has 1 aliphatic carbocycles. The number of carbonyl (C=O) groups is 4. The summed E-state index contributed by atoms with van der Waals surface area (Å²) in [7, 11) is 0. The number of ether oxygens (including phenoxy) is 2. The number of rotatable bonds is 11. The summed E-state index contributed by atoms with van der Waals surface area (Å²) in [5.74, 6) is -1.05. The number of carbonyl (C=O) groups excluding carboxylic acids is 4. The maximum Gasteiger partial charge on any atom is 0.262 e. The van der Waals surface area contributed by atoms with Crippen molar-refractivity contribution in [2.24, 2.45) is 0 Å². The van der Waals surface area contributed by atoms with E-state index >= 15 is 0 Å². The third-order valence-electron chi connectivity index (χ3n) is 12.2. The van der Waals surface area contributed by atoms with Crippen molar-refractivity contribution in [2.45, 2.75) is 69.8 Å². The number of fused-ring (bicyclic) bond motifs is 2. The quantitative estimate of drug-likeness (QED) is 0.212. The molecule has 1 atom stereocenters. The normalized spacial score (nSPS) is 23.4. The van der Waals surface area contributed by atoms with Crippen LogP contribution in [0.1, 0.15) is 76.2 Å². The molecule has 2 aromatic heterocycles. The number of piperidine rings is 2. The number of pyridine rings is 2. The molecule has 4 amide bonds. The molecule has 13 heteroatoms. The van der Waals surface area contributed by atoms with Gasteiger partial charge in [0.2, 0.25) is 11.8 Å².